The monoisotopic (exact) mass is 477 g/mol. The van der Waals surface area contributed by atoms with E-state index in [1.807, 2.05) is 11.5 Å². The summed E-state index contributed by atoms with van der Waals surface area (Å²) in [5, 5.41) is 11.5. The van der Waals surface area contributed by atoms with Crippen LogP contribution in [0.4, 0.5) is 10.5 Å². The lowest BCUT2D eigenvalue weighted by molar-refractivity contribution is -0.122. The number of benzene rings is 2. The number of carboxylic acid groups (broad SMARTS) is 1. The molecule has 0 radical (unpaired) electrons. The van der Waals surface area contributed by atoms with Gasteiger partial charge in [-0.05, 0) is 68.3 Å². The standard InChI is InChI=1S/C25H20ClN3O5/c1-13-6-4-5-7-21(13)29-23(31)19(22(30)27-25(29)34)11-16-10-14(2)28(15(16)3)17-8-9-18(24(32)33)20(26)12-17/h4-12H,1-3H3,(H,32,33)(H,27,30,34)/b19-11+. The summed E-state index contributed by atoms with van der Waals surface area (Å²) < 4.78 is 1.83. The molecule has 0 spiro atoms. The lowest BCUT2D eigenvalue weighted by atomic mass is 10.1. The number of para-hydroxylation sites is 1. The zero-order valence-electron chi connectivity index (χ0n) is 18.5. The number of amides is 4. The number of nitrogens with zero attached hydrogens (tertiary/aromatic N) is 2. The number of carbonyl (C=O) groups is 4. The summed E-state index contributed by atoms with van der Waals surface area (Å²) in [7, 11) is 0. The van der Waals surface area contributed by atoms with Gasteiger partial charge in [0.2, 0.25) is 0 Å². The topological polar surface area (TPSA) is 109 Å². The molecule has 1 aliphatic rings. The Morgan fingerprint density at radius 2 is 1.74 bits per heavy atom. The van der Waals surface area contributed by atoms with Crippen LogP contribution in [0.15, 0.2) is 54.1 Å². The molecule has 8 nitrogen and oxygen atoms in total. The zero-order chi connectivity index (χ0) is 24.7. The number of carbonyl (C=O) groups excluding carboxylic acids is 3. The van der Waals surface area contributed by atoms with E-state index in [9.17, 15) is 24.3 Å². The summed E-state index contributed by atoms with van der Waals surface area (Å²) in [5.41, 5.74) is 3.60. The van der Waals surface area contributed by atoms with Crippen molar-refractivity contribution >= 4 is 47.2 Å². The van der Waals surface area contributed by atoms with E-state index >= 15 is 0 Å². The minimum absolute atomic E-state index is 0.0133. The molecule has 0 aliphatic carbocycles. The number of rotatable bonds is 4. The van der Waals surface area contributed by atoms with Crippen molar-refractivity contribution in [3.63, 3.8) is 0 Å². The highest BCUT2D eigenvalue weighted by Gasteiger charge is 2.37. The smallest absolute Gasteiger partial charge is 0.337 e. The number of imide groups is 2. The number of anilines is 1. The van der Waals surface area contributed by atoms with Gasteiger partial charge >= 0.3 is 12.0 Å². The molecule has 4 amide bonds. The molecular weight excluding hydrogens is 458 g/mol. The molecule has 0 bridgehead atoms. The first kappa shape index (κ1) is 23.0. The van der Waals surface area contributed by atoms with Gasteiger partial charge in [0, 0.05) is 17.1 Å². The van der Waals surface area contributed by atoms with Gasteiger partial charge in [-0.25, -0.2) is 14.5 Å². The maximum absolute atomic E-state index is 13.2. The third-order valence-corrected chi connectivity index (χ3v) is 5.98. The molecule has 2 aromatic carbocycles. The summed E-state index contributed by atoms with van der Waals surface area (Å²) in [6, 6.07) is 12.5. The Morgan fingerprint density at radius 3 is 2.38 bits per heavy atom. The molecule has 2 heterocycles. The van der Waals surface area contributed by atoms with Crippen molar-refractivity contribution in [3.8, 4) is 5.69 Å². The van der Waals surface area contributed by atoms with Crippen LogP contribution in [0.1, 0.15) is 32.9 Å². The number of aromatic nitrogens is 1. The van der Waals surface area contributed by atoms with Gasteiger partial charge in [-0.2, -0.15) is 0 Å². The number of halogens is 1. The second-order valence-corrected chi connectivity index (χ2v) is 8.28. The van der Waals surface area contributed by atoms with Crippen LogP contribution in [0, 0.1) is 20.8 Å². The maximum atomic E-state index is 13.2. The van der Waals surface area contributed by atoms with Crippen molar-refractivity contribution in [3.05, 3.63) is 87.2 Å². The number of nitrogens with one attached hydrogen (secondary N) is 1. The summed E-state index contributed by atoms with van der Waals surface area (Å²) >= 11 is 6.14. The van der Waals surface area contributed by atoms with Crippen molar-refractivity contribution in [1.82, 2.24) is 9.88 Å². The van der Waals surface area contributed by atoms with Crippen LogP contribution in [0.25, 0.3) is 11.8 Å². The quantitative estimate of drug-likeness (QED) is 0.427. The fourth-order valence-corrected chi connectivity index (χ4v) is 4.25. The molecule has 1 saturated heterocycles. The fraction of sp³-hybridized carbons (Fsp3) is 0.120. The van der Waals surface area contributed by atoms with Gasteiger partial charge in [-0.3, -0.25) is 14.9 Å². The second-order valence-electron chi connectivity index (χ2n) is 7.88. The summed E-state index contributed by atoms with van der Waals surface area (Å²) in [6.45, 7) is 5.40. The van der Waals surface area contributed by atoms with E-state index in [2.05, 4.69) is 5.32 Å². The van der Waals surface area contributed by atoms with Gasteiger partial charge in [-0.15, -0.1) is 0 Å². The van der Waals surface area contributed by atoms with Crippen molar-refractivity contribution in [2.45, 2.75) is 20.8 Å². The van der Waals surface area contributed by atoms with E-state index in [0.717, 1.165) is 10.6 Å². The molecule has 4 rings (SSSR count). The highest BCUT2D eigenvalue weighted by molar-refractivity contribution is 6.39. The Bertz CT molecular complexity index is 1420. The molecule has 172 valence electrons. The van der Waals surface area contributed by atoms with E-state index in [0.29, 0.717) is 28.2 Å². The molecule has 1 aromatic heterocycles. The average Bonchev–Trinajstić information content (AvgIpc) is 3.04. The first-order valence-corrected chi connectivity index (χ1v) is 10.7. The largest absolute Gasteiger partial charge is 0.478 e. The number of carboxylic acids is 1. The number of urea groups is 1. The minimum atomic E-state index is -1.13. The van der Waals surface area contributed by atoms with Gasteiger partial charge in [0.05, 0.1) is 16.3 Å². The van der Waals surface area contributed by atoms with E-state index in [-0.39, 0.29) is 16.2 Å². The van der Waals surface area contributed by atoms with Crippen LogP contribution >= 0.6 is 11.6 Å². The molecule has 34 heavy (non-hydrogen) atoms. The van der Waals surface area contributed by atoms with E-state index < -0.39 is 23.8 Å². The summed E-state index contributed by atoms with van der Waals surface area (Å²) in [5.74, 6) is -2.63. The molecular formula is C25H20ClN3O5. The molecule has 0 saturated carbocycles. The maximum Gasteiger partial charge on any atom is 0.337 e. The molecule has 0 atom stereocenters. The molecule has 2 N–H and O–H groups in total. The van der Waals surface area contributed by atoms with Crippen LogP contribution in [-0.4, -0.2) is 33.5 Å². The predicted octanol–water partition coefficient (Wildman–Crippen LogP) is 4.42. The lowest BCUT2D eigenvalue weighted by Crippen LogP contribution is -2.54. The van der Waals surface area contributed by atoms with Crippen LogP contribution in [0.2, 0.25) is 5.02 Å². The Morgan fingerprint density at radius 1 is 1.03 bits per heavy atom. The zero-order valence-corrected chi connectivity index (χ0v) is 19.3. The molecule has 1 aliphatic heterocycles. The van der Waals surface area contributed by atoms with E-state index in [1.54, 1.807) is 56.3 Å². The van der Waals surface area contributed by atoms with Crippen molar-refractivity contribution in [2.24, 2.45) is 0 Å². The highest BCUT2D eigenvalue weighted by atomic mass is 35.5. The summed E-state index contributed by atoms with van der Waals surface area (Å²) in [6.07, 6.45) is 1.45. The van der Waals surface area contributed by atoms with Crippen LogP contribution in [0.3, 0.4) is 0 Å². The van der Waals surface area contributed by atoms with Gasteiger partial charge in [0.1, 0.15) is 5.57 Å². The van der Waals surface area contributed by atoms with Crippen molar-refractivity contribution in [1.29, 1.82) is 0 Å². The first-order chi connectivity index (χ1) is 16.1. The fourth-order valence-electron chi connectivity index (χ4n) is 3.99. The summed E-state index contributed by atoms with van der Waals surface area (Å²) in [4.78, 5) is 50.5. The molecule has 9 heteroatoms. The number of hydrogen-bond donors (Lipinski definition) is 2. The van der Waals surface area contributed by atoms with Crippen molar-refractivity contribution < 1.29 is 24.3 Å². The van der Waals surface area contributed by atoms with Gasteiger partial charge in [-0.1, -0.05) is 29.8 Å². The Balaban J connectivity index is 1.77. The molecule has 3 aromatic rings. The number of barbiturate groups is 1. The van der Waals surface area contributed by atoms with Crippen LogP contribution in [0.5, 0.6) is 0 Å². The van der Waals surface area contributed by atoms with Crippen molar-refractivity contribution in [2.75, 3.05) is 4.90 Å². The highest BCUT2D eigenvalue weighted by Crippen LogP contribution is 2.29. The van der Waals surface area contributed by atoms with E-state index in [1.165, 1.54) is 12.1 Å². The van der Waals surface area contributed by atoms with Gasteiger partial charge < -0.3 is 9.67 Å². The average molecular weight is 478 g/mol. The lowest BCUT2D eigenvalue weighted by Gasteiger charge is -2.27. The third kappa shape index (κ3) is 3.88. The SMILES string of the molecule is Cc1ccccc1N1C(=O)NC(=O)/C(=C\c2cc(C)n(-c3ccc(C(=O)O)c(Cl)c3)c2C)C1=O. The number of aryl methyl sites for hydroxylation is 2. The molecule has 1 fully saturated rings. The van der Waals surface area contributed by atoms with E-state index in [4.69, 9.17) is 11.6 Å². The minimum Gasteiger partial charge on any atom is -0.478 e. The normalized spacial score (nSPS) is 15.1. The van der Waals surface area contributed by atoms with Crippen LogP contribution < -0.4 is 10.2 Å². The third-order valence-electron chi connectivity index (χ3n) is 5.67. The predicted molar refractivity (Wildman–Crippen MR) is 127 cm³/mol. The van der Waals surface area contributed by atoms with Crippen LogP contribution in [-0.2, 0) is 9.59 Å². The van der Waals surface area contributed by atoms with Gasteiger partial charge in [0.25, 0.3) is 11.8 Å². The second kappa shape index (κ2) is 8.64. The Labute approximate surface area is 200 Å². The number of hydrogen-bond acceptors (Lipinski definition) is 4. The number of aromatic carboxylic acids is 1. The molecule has 0 unspecified atom stereocenters. The Hall–Kier alpha value is -4.17. The first-order valence-electron chi connectivity index (χ1n) is 10.3. The van der Waals surface area contributed by atoms with Gasteiger partial charge in [0.15, 0.2) is 0 Å². The Kier molecular flexibility index (Phi) is 5.85.